The van der Waals surface area contributed by atoms with Gasteiger partial charge in [0.2, 0.25) is 0 Å². The van der Waals surface area contributed by atoms with Crippen molar-refractivity contribution < 1.29 is 39.1 Å². The van der Waals surface area contributed by atoms with E-state index in [2.05, 4.69) is 6.92 Å². The Morgan fingerprint density at radius 1 is 1.17 bits per heavy atom. The zero-order valence-corrected chi connectivity index (χ0v) is 18.2. The maximum absolute atomic E-state index is 11.4. The van der Waals surface area contributed by atoms with E-state index in [-0.39, 0.29) is 12.5 Å². The van der Waals surface area contributed by atoms with Gasteiger partial charge in [-0.05, 0) is 31.1 Å². The third-order valence-electron chi connectivity index (χ3n) is 4.22. The summed E-state index contributed by atoms with van der Waals surface area (Å²) in [7, 11) is 3.07. The fourth-order valence-corrected chi connectivity index (χ4v) is 2.35. The van der Waals surface area contributed by atoms with E-state index in [0.717, 1.165) is 25.7 Å². The van der Waals surface area contributed by atoms with Crippen LogP contribution in [0.2, 0.25) is 0 Å². The molecule has 0 radical (unpaired) electrons. The summed E-state index contributed by atoms with van der Waals surface area (Å²) in [5.41, 5.74) is 0.688. The van der Waals surface area contributed by atoms with Gasteiger partial charge in [0.25, 0.3) is 0 Å². The lowest BCUT2D eigenvalue weighted by atomic mass is 10.00. The summed E-state index contributed by atoms with van der Waals surface area (Å²) in [6, 6.07) is 5.17. The van der Waals surface area contributed by atoms with E-state index in [0.29, 0.717) is 17.1 Å². The number of aliphatic hydroxyl groups is 2. The molecule has 0 aromatic heterocycles. The Kier molecular flexibility index (Phi) is 14.8. The second-order valence-corrected chi connectivity index (χ2v) is 6.49. The van der Waals surface area contributed by atoms with Gasteiger partial charge in [-0.1, -0.05) is 26.7 Å². The van der Waals surface area contributed by atoms with E-state index in [9.17, 15) is 9.59 Å². The molecule has 2 unspecified atom stereocenters. The molecule has 1 rings (SSSR count). The van der Waals surface area contributed by atoms with Crippen LogP contribution in [0.1, 0.15) is 45.1 Å². The normalized spacial score (nSPS) is 12.5. The van der Waals surface area contributed by atoms with Crippen LogP contribution in [0.25, 0.3) is 6.08 Å². The molecule has 1 aromatic rings. The maximum atomic E-state index is 11.4. The number of rotatable bonds is 12. The number of carboxylic acids is 1. The van der Waals surface area contributed by atoms with Gasteiger partial charge in [-0.3, -0.25) is 4.79 Å². The summed E-state index contributed by atoms with van der Waals surface area (Å²) in [5, 5.41) is 26.2. The van der Waals surface area contributed by atoms with Crippen LogP contribution in [0.15, 0.2) is 24.3 Å². The molecule has 0 bridgehead atoms. The molecule has 0 saturated heterocycles. The average molecular weight is 427 g/mol. The van der Waals surface area contributed by atoms with Gasteiger partial charge >= 0.3 is 11.9 Å². The van der Waals surface area contributed by atoms with Gasteiger partial charge in [-0.2, -0.15) is 0 Å². The Morgan fingerprint density at radius 2 is 1.87 bits per heavy atom. The fraction of sp³-hybridized carbons (Fsp3) is 0.545. The Morgan fingerprint density at radius 3 is 2.37 bits per heavy atom. The number of unbranched alkanes of at least 4 members (excludes halogenated alkanes) is 1. The zero-order chi connectivity index (χ0) is 22.9. The first-order valence-corrected chi connectivity index (χ1v) is 9.91. The van der Waals surface area contributed by atoms with Crippen molar-refractivity contribution in [3.05, 3.63) is 29.8 Å². The molecule has 2 atom stereocenters. The zero-order valence-electron chi connectivity index (χ0n) is 18.2. The summed E-state index contributed by atoms with van der Waals surface area (Å²) in [6.45, 7) is 3.30. The van der Waals surface area contributed by atoms with E-state index in [4.69, 9.17) is 29.5 Å². The molecule has 0 amide bonds. The fourth-order valence-electron chi connectivity index (χ4n) is 2.35. The van der Waals surface area contributed by atoms with Crippen molar-refractivity contribution in [1.29, 1.82) is 0 Å². The first-order chi connectivity index (χ1) is 14.3. The average Bonchev–Trinajstić information content (AvgIpc) is 2.76. The number of methoxy groups -OCH3 is 2. The van der Waals surface area contributed by atoms with Crippen LogP contribution in [0.5, 0.6) is 11.5 Å². The largest absolute Gasteiger partial charge is 0.497 e. The van der Waals surface area contributed by atoms with Gasteiger partial charge in [0.1, 0.15) is 24.2 Å². The van der Waals surface area contributed by atoms with E-state index < -0.39 is 24.6 Å². The van der Waals surface area contributed by atoms with Crippen LogP contribution in [0.3, 0.4) is 0 Å². The number of esters is 1. The Bertz CT molecular complexity index is 657. The Labute approximate surface area is 178 Å². The van der Waals surface area contributed by atoms with Crippen molar-refractivity contribution in [3.8, 4) is 11.5 Å². The molecule has 8 nitrogen and oxygen atoms in total. The second-order valence-electron chi connectivity index (χ2n) is 6.49. The van der Waals surface area contributed by atoms with Gasteiger partial charge in [0, 0.05) is 17.7 Å². The summed E-state index contributed by atoms with van der Waals surface area (Å²) < 4.78 is 15.0. The monoisotopic (exact) mass is 426 g/mol. The number of carbonyl (C=O) groups is 2. The molecule has 0 aliphatic heterocycles. The maximum Gasteiger partial charge on any atom is 0.330 e. The number of aliphatic carboxylic acids is 1. The van der Waals surface area contributed by atoms with Gasteiger partial charge in [-0.15, -0.1) is 0 Å². The van der Waals surface area contributed by atoms with Gasteiger partial charge < -0.3 is 29.5 Å². The van der Waals surface area contributed by atoms with Crippen LogP contribution < -0.4 is 9.47 Å². The molecular weight excluding hydrogens is 392 g/mol. The van der Waals surface area contributed by atoms with Crippen molar-refractivity contribution in [3.63, 3.8) is 0 Å². The Hall–Kier alpha value is -2.58. The minimum absolute atomic E-state index is 0.111. The molecule has 8 heteroatoms. The standard InChI is InChI=1S/C14H18O6.C8H16O2/c1-18-12-5-3-10(13(7-12)19-2)4-6-14(17)20-9-11(16)8-15;1-3-5-6-7(4-2)8(9)10/h3-7,11,15-16H,8-9H2,1-2H3;7H,3-6H2,1-2H3,(H,9,10). The van der Waals surface area contributed by atoms with Crippen molar-refractivity contribution in [2.75, 3.05) is 27.4 Å². The number of hydrogen-bond acceptors (Lipinski definition) is 7. The van der Waals surface area contributed by atoms with Crippen LogP contribution in [0.4, 0.5) is 0 Å². The number of hydrogen-bond donors (Lipinski definition) is 3. The number of carboxylic acid groups (broad SMARTS) is 1. The lowest BCUT2D eigenvalue weighted by Crippen LogP contribution is -2.21. The first kappa shape index (κ1) is 27.4. The molecule has 0 fully saturated rings. The Balaban J connectivity index is 0.000000710. The predicted octanol–water partition coefficient (Wildman–Crippen LogP) is 2.90. The molecule has 30 heavy (non-hydrogen) atoms. The molecule has 0 aliphatic carbocycles. The molecular formula is C22H34O8. The van der Waals surface area contributed by atoms with E-state index >= 15 is 0 Å². The number of carbonyl (C=O) groups excluding carboxylic acids is 1. The molecule has 0 heterocycles. The van der Waals surface area contributed by atoms with Crippen LogP contribution in [-0.4, -0.2) is 60.8 Å². The highest BCUT2D eigenvalue weighted by Gasteiger charge is 2.13. The summed E-state index contributed by atoms with van der Waals surface area (Å²) in [5.74, 6) is -0.164. The number of aliphatic hydroxyl groups excluding tert-OH is 2. The number of ether oxygens (including phenoxy) is 3. The van der Waals surface area contributed by atoms with E-state index in [1.165, 1.54) is 19.3 Å². The van der Waals surface area contributed by atoms with Crippen LogP contribution >= 0.6 is 0 Å². The molecule has 0 saturated carbocycles. The molecule has 0 spiro atoms. The second kappa shape index (κ2) is 16.2. The third-order valence-corrected chi connectivity index (χ3v) is 4.22. The van der Waals surface area contributed by atoms with Crippen molar-refractivity contribution >= 4 is 18.0 Å². The first-order valence-electron chi connectivity index (χ1n) is 9.91. The topological polar surface area (TPSA) is 123 Å². The van der Waals surface area contributed by atoms with Crippen LogP contribution in [-0.2, 0) is 14.3 Å². The van der Waals surface area contributed by atoms with Crippen molar-refractivity contribution in [1.82, 2.24) is 0 Å². The third kappa shape index (κ3) is 11.4. The van der Waals surface area contributed by atoms with Gasteiger partial charge in [-0.25, -0.2) is 4.79 Å². The molecule has 0 aliphatic rings. The van der Waals surface area contributed by atoms with Gasteiger partial charge in [0.05, 0.1) is 26.7 Å². The highest BCUT2D eigenvalue weighted by Crippen LogP contribution is 2.25. The van der Waals surface area contributed by atoms with E-state index in [1.54, 1.807) is 25.3 Å². The quantitative estimate of drug-likeness (QED) is 0.344. The minimum Gasteiger partial charge on any atom is -0.497 e. The van der Waals surface area contributed by atoms with Crippen molar-refractivity contribution in [2.45, 2.75) is 45.6 Å². The summed E-state index contributed by atoms with van der Waals surface area (Å²) >= 11 is 0. The van der Waals surface area contributed by atoms with Gasteiger partial charge in [0.15, 0.2) is 0 Å². The summed E-state index contributed by atoms with van der Waals surface area (Å²) in [4.78, 5) is 21.8. The lowest BCUT2D eigenvalue weighted by Gasteiger charge is -2.08. The molecule has 3 N–H and O–H groups in total. The molecule has 170 valence electrons. The van der Waals surface area contributed by atoms with E-state index in [1.807, 2.05) is 6.92 Å². The van der Waals surface area contributed by atoms with Crippen molar-refractivity contribution in [2.24, 2.45) is 5.92 Å². The lowest BCUT2D eigenvalue weighted by molar-refractivity contribution is -0.142. The highest BCUT2D eigenvalue weighted by molar-refractivity contribution is 5.87. The van der Waals surface area contributed by atoms with Crippen LogP contribution in [0, 0.1) is 5.92 Å². The molecule has 1 aromatic carbocycles. The SMILES string of the molecule is CCCCC(CC)C(=O)O.COc1ccc(C=CC(=O)OCC(O)CO)c(OC)c1. The minimum atomic E-state index is -1.07. The smallest absolute Gasteiger partial charge is 0.330 e. The highest BCUT2D eigenvalue weighted by atomic mass is 16.5. The summed E-state index contributed by atoms with van der Waals surface area (Å²) in [6.07, 6.45) is 5.40. The predicted molar refractivity (Wildman–Crippen MR) is 114 cm³/mol. The number of benzene rings is 1.